The van der Waals surface area contributed by atoms with E-state index >= 15 is 0 Å². The number of aromatic nitrogens is 2. The Labute approximate surface area is 102 Å². The van der Waals surface area contributed by atoms with E-state index in [2.05, 4.69) is 5.10 Å². The lowest BCUT2D eigenvalue weighted by Gasteiger charge is -2.16. The van der Waals surface area contributed by atoms with Crippen molar-refractivity contribution >= 4 is 10.0 Å². The first-order valence-corrected chi connectivity index (χ1v) is 7.13. The van der Waals surface area contributed by atoms with Gasteiger partial charge in [0.1, 0.15) is 4.90 Å². The molecule has 0 atom stereocenters. The van der Waals surface area contributed by atoms with Crippen LogP contribution in [0.2, 0.25) is 0 Å². The number of sulfonamides is 1. The lowest BCUT2D eigenvalue weighted by Crippen LogP contribution is -2.30. The maximum Gasteiger partial charge on any atom is 0.246 e. The summed E-state index contributed by atoms with van der Waals surface area (Å²) in [6.45, 7) is 5.08. The van der Waals surface area contributed by atoms with E-state index in [1.807, 2.05) is 0 Å². The van der Waals surface area contributed by atoms with E-state index in [-0.39, 0.29) is 11.5 Å². The van der Waals surface area contributed by atoms with Crippen LogP contribution in [-0.4, -0.2) is 47.3 Å². The van der Waals surface area contributed by atoms with Crippen LogP contribution in [0.4, 0.5) is 0 Å². The average molecular weight is 261 g/mol. The summed E-state index contributed by atoms with van der Waals surface area (Å²) in [5.74, 6) is 0. The van der Waals surface area contributed by atoms with Gasteiger partial charge in [0.15, 0.2) is 0 Å². The molecule has 0 saturated heterocycles. The largest absolute Gasteiger partial charge is 0.396 e. The zero-order valence-corrected chi connectivity index (χ0v) is 11.0. The van der Waals surface area contributed by atoms with Gasteiger partial charge in [0.25, 0.3) is 0 Å². The summed E-state index contributed by atoms with van der Waals surface area (Å²) in [6, 6.07) is 0. The highest BCUT2D eigenvalue weighted by Crippen LogP contribution is 2.14. The van der Waals surface area contributed by atoms with Crippen molar-refractivity contribution in [2.24, 2.45) is 0 Å². The lowest BCUT2D eigenvalue weighted by atomic mass is 10.5. The number of hydrogen-bond donors (Lipinski definition) is 1. The summed E-state index contributed by atoms with van der Waals surface area (Å²) in [6.07, 6.45) is 3.42. The van der Waals surface area contributed by atoms with E-state index in [4.69, 9.17) is 5.11 Å². The van der Waals surface area contributed by atoms with Crippen LogP contribution < -0.4 is 0 Å². The van der Waals surface area contributed by atoms with Crippen LogP contribution >= 0.6 is 0 Å². The lowest BCUT2D eigenvalue weighted by molar-refractivity contribution is 0.277. The summed E-state index contributed by atoms with van der Waals surface area (Å²) in [5.41, 5.74) is 0. The van der Waals surface area contributed by atoms with Gasteiger partial charge in [0.2, 0.25) is 10.0 Å². The van der Waals surface area contributed by atoms with Crippen LogP contribution in [0.15, 0.2) is 17.3 Å². The minimum atomic E-state index is -3.42. The molecule has 1 heterocycles. The quantitative estimate of drug-likeness (QED) is 0.766. The summed E-state index contributed by atoms with van der Waals surface area (Å²) in [7, 11) is -3.42. The first kappa shape index (κ1) is 14.1. The Morgan fingerprint density at radius 2 is 2.06 bits per heavy atom. The maximum atomic E-state index is 12.1. The molecular formula is C10H19N3O3S. The molecule has 6 nitrogen and oxygen atoms in total. The van der Waals surface area contributed by atoms with Gasteiger partial charge in [-0.3, -0.25) is 4.68 Å². The molecule has 1 aromatic heterocycles. The molecule has 1 rings (SSSR count). The zero-order valence-electron chi connectivity index (χ0n) is 10.2. The Balaban J connectivity index is 2.88. The van der Waals surface area contributed by atoms with Gasteiger partial charge in [0, 0.05) is 32.4 Å². The summed E-state index contributed by atoms with van der Waals surface area (Å²) < 4.78 is 27.1. The molecule has 0 aliphatic carbocycles. The third kappa shape index (κ3) is 3.27. The van der Waals surface area contributed by atoms with Crippen molar-refractivity contribution in [2.45, 2.75) is 31.7 Å². The maximum absolute atomic E-state index is 12.1. The van der Waals surface area contributed by atoms with Crippen LogP contribution in [0.5, 0.6) is 0 Å². The van der Waals surface area contributed by atoms with Crippen LogP contribution in [-0.2, 0) is 16.6 Å². The molecule has 0 aliphatic heterocycles. The second-order valence-corrected chi connectivity index (χ2v) is 5.54. The third-order valence-electron chi connectivity index (χ3n) is 2.50. The second kappa shape index (κ2) is 6.13. The topological polar surface area (TPSA) is 75.4 Å². The van der Waals surface area contributed by atoms with Gasteiger partial charge in [-0.1, -0.05) is 13.8 Å². The van der Waals surface area contributed by atoms with Crippen molar-refractivity contribution in [3.8, 4) is 0 Å². The van der Waals surface area contributed by atoms with Crippen molar-refractivity contribution in [1.29, 1.82) is 0 Å². The predicted octanol–water partition coefficient (Wildman–Crippen LogP) is 0.296. The van der Waals surface area contributed by atoms with Crippen molar-refractivity contribution in [2.75, 3.05) is 19.7 Å². The first-order valence-electron chi connectivity index (χ1n) is 5.69. The number of aliphatic hydroxyl groups excluding tert-OH is 1. The monoisotopic (exact) mass is 261 g/mol. The van der Waals surface area contributed by atoms with E-state index in [0.717, 1.165) is 0 Å². The Hall–Kier alpha value is -0.920. The predicted molar refractivity (Wildman–Crippen MR) is 64.0 cm³/mol. The van der Waals surface area contributed by atoms with Crippen LogP contribution in [0, 0.1) is 0 Å². The Morgan fingerprint density at radius 1 is 1.41 bits per heavy atom. The molecule has 1 N–H and O–H groups in total. The minimum Gasteiger partial charge on any atom is -0.396 e. The van der Waals surface area contributed by atoms with Crippen LogP contribution in [0.25, 0.3) is 0 Å². The molecule has 1 aromatic rings. The summed E-state index contributed by atoms with van der Waals surface area (Å²) in [5, 5.41) is 12.7. The highest BCUT2D eigenvalue weighted by atomic mass is 32.2. The first-order chi connectivity index (χ1) is 8.06. The number of aliphatic hydroxyl groups is 1. The standard InChI is InChI=1S/C10H19N3O3S/c1-3-13(4-2)17(15,16)10-8-11-12(9-10)6-5-7-14/h8-9,14H,3-7H2,1-2H3. The Kier molecular flexibility index (Phi) is 5.10. The second-order valence-electron chi connectivity index (χ2n) is 3.61. The molecule has 0 unspecified atom stereocenters. The van der Waals surface area contributed by atoms with Crippen LogP contribution in [0.3, 0.4) is 0 Å². The van der Waals surface area contributed by atoms with E-state index in [1.54, 1.807) is 13.8 Å². The van der Waals surface area contributed by atoms with Crippen molar-refractivity contribution in [1.82, 2.24) is 14.1 Å². The van der Waals surface area contributed by atoms with E-state index < -0.39 is 10.0 Å². The smallest absolute Gasteiger partial charge is 0.246 e. The van der Waals surface area contributed by atoms with Gasteiger partial charge in [0.05, 0.1) is 6.20 Å². The number of nitrogens with zero attached hydrogens (tertiary/aromatic N) is 3. The van der Waals surface area contributed by atoms with Gasteiger partial charge < -0.3 is 5.11 Å². The van der Waals surface area contributed by atoms with E-state index in [0.29, 0.717) is 26.1 Å². The molecule has 0 aromatic carbocycles. The highest BCUT2D eigenvalue weighted by molar-refractivity contribution is 7.89. The molecule has 17 heavy (non-hydrogen) atoms. The molecular weight excluding hydrogens is 242 g/mol. The fourth-order valence-electron chi connectivity index (χ4n) is 1.55. The van der Waals surface area contributed by atoms with E-state index in [1.165, 1.54) is 21.4 Å². The van der Waals surface area contributed by atoms with E-state index in [9.17, 15) is 8.42 Å². The third-order valence-corrected chi connectivity index (χ3v) is 4.50. The van der Waals surface area contributed by atoms with Crippen molar-refractivity contribution < 1.29 is 13.5 Å². The number of hydrogen-bond acceptors (Lipinski definition) is 4. The van der Waals surface area contributed by atoms with Gasteiger partial charge in [-0.05, 0) is 6.42 Å². The molecule has 0 fully saturated rings. The summed E-state index contributed by atoms with van der Waals surface area (Å²) >= 11 is 0. The molecule has 0 saturated carbocycles. The average Bonchev–Trinajstić information content (AvgIpc) is 2.77. The fourth-order valence-corrected chi connectivity index (χ4v) is 2.96. The Bertz CT molecular complexity index is 437. The minimum absolute atomic E-state index is 0.0674. The molecule has 0 amide bonds. The van der Waals surface area contributed by atoms with Gasteiger partial charge in [-0.15, -0.1) is 0 Å². The molecule has 98 valence electrons. The van der Waals surface area contributed by atoms with Gasteiger partial charge >= 0.3 is 0 Å². The SMILES string of the molecule is CCN(CC)S(=O)(=O)c1cnn(CCCO)c1. The normalized spacial score (nSPS) is 12.2. The Morgan fingerprint density at radius 3 is 2.59 bits per heavy atom. The van der Waals surface area contributed by atoms with Gasteiger partial charge in [-0.2, -0.15) is 9.40 Å². The van der Waals surface area contributed by atoms with Crippen molar-refractivity contribution in [3.05, 3.63) is 12.4 Å². The molecule has 0 radical (unpaired) electrons. The van der Waals surface area contributed by atoms with Crippen LogP contribution in [0.1, 0.15) is 20.3 Å². The van der Waals surface area contributed by atoms with Gasteiger partial charge in [-0.25, -0.2) is 8.42 Å². The molecule has 0 spiro atoms. The molecule has 7 heteroatoms. The fraction of sp³-hybridized carbons (Fsp3) is 0.700. The molecule has 0 aliphatic rings. The van der Waals surface area contributed by atoms with Crippen molar-refractivity contribution in [3.63, 3.8) is 0 Å². The number of rotatable bonds is 7. The zero-order chi connectivity index (χ0) is 12.9. The highest BCUT2D eigenvalue weighted by Gasteiger charge is 2.22. The summed E-state index contributed by atoms with van der Waals surface area (Å²) in [4.78, 5) is 0.208. The number of aryl methyl sites for hydroxylation is 1. The molecule has 0 bridgehead atoms.